The molecule has 0 saturated heterocycles. The molecule has 0 aliphatic heterocycles. The van der Waals surface area contributed by atoms with E-state index in [2.05, 4.69) is 27.7 Å². The summed E-state index contributed by atoms with van der Waals surface area (Å²) >= 11 is 0. The zero-order valence-corrected chi connectivity index (χ0v) is 17.6. The van der Waals surface area contributed by atoms with E-state index in [0.29, 0.717) is 29.7 Å². The Bertz CT molecular complexity index is 570. The minimum atomic E-state index is -0.478. The third-order valence-corrected chi connectivity index (χ3v) is 6.10. The smallest absolute Gasteiger partial charge is 0.334 e. The average molecular weight is 375 g/mol. The first-order valence-corrected chi connectivity index (χ1v) is 10.9. The standard InChI is InChI=1S/C24H38O3/c1-5-6-7-12-22(25)19-10-8-9-11-20(16-19)24(26)27-23-15-18(4)13-14-21(23)17(2)3/h8-11,17-18,21-23,25H,5-7,12-16H2,1-4H3. The van der Waals surface area contributed by atoms with Gasteiger partial charge in [0.2, 0.25) is 0 Å². The highest BCUT2D eigenvalue weighted by molar-refractivity contribution is 5.89. The molecular weight excluding hydrogens is 336 g/mol. The van der Waals surface area contributed by atoms with Gasteiger partial charge in [-0.15, -0.1) is 0 Å². The van der Waals surface area contributed by atoms with E-state index in [4.69, 9.17) is 4.74 Å². The van der Waals surface area contributed by atoms with Crippen molar-refractivity contribution in [2.24, 2.45) is 17.8 Å². The zero-order valence-electron chi connectivity index (χ0n) is 17.6. The molecule has 0 aromatic carbocycles. The summed E-state index contributed by atoms with van der Waals surface area (Å²) in [5, 5.41) is 10.5. The number of rotatable bonds is 8. The Kier molecular flexibility index (Phi) is 8.82. The molecule has 2 rings (SSSR count). The summed E-state index contributed by atoms with van der Waals surface area (Å²) in [6.07, 6.45) is 15.0. The Balaban J connectivity index is 1.99. The van der Waals surface area contributed by atoms with Crippen LogP contribution in [-0.2, 0) is 9.53 Å². The van der Waals surface area contributed by atoms with E-state index in [1.165, 1.54) is 6.42 Å². The van der Waals surface area contributed by atoms with E-state index >= 15 is 0 Å². The van der Waals surface area contributed by atoms with Gasteiger partial charge in [0.1, 0.15) is 6.10 Å². The Labute approximate surface area is 165 Å². The van der Waals surface area contributed by atoms with E-state index in [1.807, 2.05) is 24.3 Å². The minimum Gasteiger partial charge on any atom is -0.459 e. The number of esters is 1. The molecule has 27 heavy (non-hydrogen) atoms. The first-order valence-electron chi connectivity index (χ1n) is 10.9. The second-order valence-corrected chi connectivity index (χ2v) is 8.78. The largest absolute Gasteiger partial charge is 0.459 e. The highest BCUT2D eigenvalue weighted by Gasteiger charge is 2.34. The summed E-state index contributed by atoms with van der Waals surface area (Å²) in [7, 11) is 0. The predicted octanol–water partition coefficient (Wildman–Crippen LogP) is 5.74. The molecule has 1 saturated carbocycles. The van der Waals surface area contributed by atoms with Gasteiger partial charge >= 0.3 is 5.97 Å². The van der Waals surface area contributed by atoms with Gasteiger partial charge in [-0.05, 0) is 42.6 Å². The van der Waals surface area contributed by atoms with Crippen LogP contribution in [0.25, 0.3) is 0 Å². The lowest BCUT2D eigenvalue weighted by atomic mass is 9.75. The average Bonchev–Trinajstić information content (AvgIpc) is 2.88. The number of hydrogen-bond acceptors (Lipinski definition) is 3. The molecule has 0 radical (unpaired) electrons. The van der Waals surface area contributed by atoms with Crippen LogP contribution < -0.4 is 0 Å². The van der Waals surface area contributed by atoms with E-state index < -0.39 is 6.10 Å². The monoisotopic (exact) mass is 374 g/mol. The number of unbranched alkanes of at least 4 members (excludes halogenated alkanes) is 2. The highest BCUT2D eigenvalue weighted by atomic mass is 16.5. The topological polar surface area (TPSA) is 46.5 Å². The van der Waals surface area contributed by atoms with Gasteiger partial charge in [0.25, 0.3) is 0 Å². The Hall–Kier alpha value is -1.35. The zero-order chi connectivity index (χ0) is 19.8. The summed E-state index contributed by atoms with van der Waals surface area (Å²) in [5.74, 6) is 1.37. The van der Waals surface area contributed by atoms with Gasteiger partial charge in [-0.1, -0.05) is 77.7 Å². The van der Waals surface area contributed by atoms with Crippen LogP contribution in [0.5, 0.6) is 0 Å². The first-order chi connectivity index (χ1) is 12.9. The molecule has 4 unspecified atom stereocenters. The number of aliphatic hydroxyl groups excluding tert-OH is 1. The number of aliphatic hydroxyl groups is 1. The molecule has 0 bridgehead atoms. The number of hydrogen-bond donors (Lipinski definition) is 1. The lowest BCUT2D eigenvalue weighted by Crippen LogP contribution is -2.36. The number of carbonyl (C=O) groups is 1. The number of allylic oxidation sites excluding steroid dienone is 4. The van der Waals surface area contributed by atoms with Crippen molar-refractivity contribution in [1.82, 2.24) is 0 Å². The van der Waals surface area contributed by atoms with Crippen molar-refractivity contribution in [1.29, 1.82) is 0 Å². The Morgan fingerprint density at radius 1 is 1.22 bits per heavy atom. The van der Waals surface area contributed by atoms with Gasteiger partial charge in [0.15, 0.2) is 0 Å². The second kappa shape index (κ2) is 10.8. The molecule has 3 nitrogen and oxygen atoms in total. The quantitative estimate of drug-likeness (QED) is 0.435. The van der Waals surface area contributed by atoms with Crippen LogP contribution in [0.1, 0.15) is 79.1 Å². The molecule has 0 aromatic rings. The molecule has 2 aliphatic carbocycles. The molecule has 0 amide bonds. The minimum absolute atomic E-state index is 0.0105. The molecule has 0 aromatic heterocycles. The molecule has 1 N–H and O–H groups in total. The van der Waals surface area contributed by atoms with Crippen LogP contribution >= 0.6 is 0 Å². The van der Waals surface area contributed by atoms with Crippen LogP contribution in [0.4, 0.5) is 0 Å². The van der Waals surface area contributed by atoms with Gasteiger partial charge in [-0.3, -0.25) is 0 Å². The normalized spacial score (nSPS) is 27.0. The molecule has 3 heteroatoms. The fraction of sp³-hybridized carbons (Fsp3) is 0.708. The SMILES string of the molecule is CCCCCC(O)C1=CC=CC=C(C(=O)OC2CC(C)CCC2C(C)C)C1. The summed E-state index contributed by atoms with van der Waals surface area (Å²) in [6.45, 7) is 8.86. The van der Waals surface area contributed by atoms with Crippen molar-refractivity contribution in [2.75, 3.05) is 0 Å². The Morgan fingerprint density at radius 2 is 1.96 bits per heavy atom. The molecule has 0 spiro atoms. The molecule has 2 aliphatic rings. The molecule has 0 heterocycles. The third-order valence-electron chi connectivity index (χ3n) is 6.10. The van der Waals surface area contributed by atoms with Gasteiger partial charge in [-0.25, -0.2) is 4.79 Å². The molecular formula is C24H38O3. The molecule has 4 atom stereocenters. The third kappa shape index (κ3) is 6.64. The summed E-state index contributed by atoms with van der Waals surface area (Å²) in [4.78, 5) is 12.9. The van der Waals surface area contributed by atoms with Gasteiger partial charge < -0.3 is 9.84 Å². The van der Waals surface area contributed by atoms with Crippen LogP contribution in [-0.4, -0.2) is 23.3 Å². The maximum absolute atomic E-state index is 12.9. The fourth-order valence-electron chi connectivity index (χ4n) is 4.29. The van der Waals surface area contributed by atoms with E-state index in [0.717, 1.165) is 44.1 Å². The van der Waals surface area contributed by atoms with Crippen molar-refractivity contribution < 1.29 is 14.6 Å². The maximum Gasteiger partial charge on any atom is 0.334 e. The van der Waals surface area contributed by atoms with E-state index in [9.17, 15) is 9.90 Å². The first kappa shape index (κ1) is 21.9. The van der Waals surface area contributed by atoms with Crippen molar-refractivity contribution in [3.8, 4) is 0 Å². The van der Waals surface area contributed by atoms with Gasteiger partial charge in [-0.2, -0.15) is 0 Å². The van der Waals surface area contributed by atoms with Crippen molar-refractivity contribution >= 4 is 5.97 Å². The summed E-state index contributed by atoms with van der Waals surface area (Å²) < 4.78 is 6.01. The van der Waals surface area contributed by atoms with E-state index in [-0.39, 0.29) is 12.1 Å². The van der Waals surface area contributed by atoms with Crippen molar-refractivity contribution in [3.63, 3.8) is 0 Å². The molecule has 152 valence electrons. The van der Waals surface area contributed by atoms with Crippen molar-refractivity contribution in [3.05, 3.63) is 35.5 Å². The van der Waals surface area contributed by atoms with Crippen molar-refractivity contribution in [2.45, 2.75) is 91.3 Å². The van der Waals surface area contributed by atoms with Crippen LogP contribution in [0, 0.1) is 17.8 Å². The van der Waals surface area contributed by atoms with Gasteiger partial charge in [0.05, 0.1) is 6.10 Å². The van der Waals surface area contributed by atoms with Crippen LogP contribution in [0.3, 0.4) is 0 Å². The molecule has 1 fully saturated rings. The van der Waals surface area contributed by atoms with Crippen LogP contribution in [0.2, 0.25) is 0 Å². The number of ether oxygens (including phenoxy) is 1. The number of carbonyl (C=O) groups excluding carboxylic acids is 1. The fourth-order valence-corrected chi connectivity index (χ4v) is 4.29. The van der Waals surface area contributed by atoms with E-state index in [1.54, 1.807) is 0 Å². The van der Waals surface area contributed by atoms with Gasteiger partial charge in [0, 0.05) is 12.0 Å². The summed E-state index contributed by atoms with van der Waals surface area (Å²) in [6, 6.07) is 0. The van der Waals surface area contributed by atoms with Crippen LogP contribution in [0.15, 0.2) is 35.5 Å². The lowest BCUT2D eigenvalue weighted by molar-refractivity contribution is -0.151. The second-order valence-electron chi connectivity index (χ2n) is 8.78. The Morgan fingerprint density at radius 3 is 2.67 bits per heavy atom. The summed E-state index contributed by atoms with van der Waals surface area (Å²) in [5.41, 5.74) is 1.57. The predicted molar refractivity (Wildman–Crippen MR) is 111 cm³/mol. The maximum atomic E-state index is 12.9. The highest BCUT2D eigenvalue weighted by Crippen LogP contribution is 2.36. The lowest BCUT2D eigenvalue weighted by Gasteiger charge is -2.36.